The molecule has 0 atom stereocenters. The number of halogens is 2. The average molecular weight is 460 g/mol. The topological polar surface area (TPSA) is 0 Å². The molecule has 0 amide bonds. The molecule has 0 aliphatic carbocycles. The van der Waals surface area contributed by atoms with E-state index in [4.69, 9.17) is 18.6 Å². The van der Waals surface area contributed by atoms with Crippen molar-refractivity contribution in [2.45, 2.75) is 13.8 Å². The molecule has 4 aromatic carbocycles. The zero-order chi connectivity index (χ0) is 20.5. The van der Waals surface area contributed by atoms with E-state index in [2.05, 4.69) is 98.8 Å². The van der Waals surface area contributed by atoms with Crippen molar-refractivity contribution in [1.29, 1.82) is 0 Å². The van der Waals surface area contributed by atoms with Gasteiger partial charge in [0.15, 0.2) is 0 Å². The van der Waals surface area contributed by atoms with Crippen molar-refractivity contribution in [3.63, 3.8) is 0 Å². The molecule has 0 aliphatic heterocycles. The maximum Gasteiger partial charge on any atom is 0.103 e. The Kier molecular flexibility index (Phi) is 14.6. The maximum atomic E-state index is 4.89. The van der Waals surface area contributed by atoms with Crippen LogP contribution in [0.2, 0.25) is 0 Å². The summed E-state index contributed by atoms with van der Waals surface area (Å²) in [6.45, 7) is 4.17. The summed E-state index contributed by atoms with van der Waals surface area (Å²) < 4.78 is 0. The van der Waals surface area contributed by atoms with Gasteiger partial charge in [-0.15, -0.1) is 0 Å². The normalized spacial score (nSPS) is 8.86. The summed E-state index contributed by atoms with van der Waals surface area (Å²) in [6.07, 6.45) is 0. The van der Waals surface area contributed by atoms with Crippen molar-refractivity contribution in [2.24, 2.45) is 0 Å². The van der Waals surface area contributed by atoms with E-state index in [0.29, 0.717) is 0 Å². The van der Waals surface area contributed by atoms with Gasteiger partial charge in [0.2, 0.25) is 0 Å². The average Bonchev–Trinajstić information content (AvgIpc) is 3.39. The Morgan fingerprint density at radius 3 is 1.21 bits per heavy atom. The van der Waals surface area contributed by atoms with Gasteiger partial charge in [-0.1, -0.05) is 84.9 Å². The van der Waals surface area contributed by atoms with Crippen LogP contribution in [0.1, 0.15) is 11.1 Å². The minimum Gasteiger partial charge on any atom is -0.0632 e. The first-order valence-corrected chi connectivity index (χ1v) is 14.4. The molecule has 0 fully saturated rings. The number of aryl methyl sites for hydroxylation is 2. The van der Waals surface area contributed by atoms with Gasteiger partial charge in [-0.2, -0.15) is 36.4 Å². The van der Waals surface area contributed by atoms with E-state index < -0.39 is 17.0 Å². The second kappa shape index (κ2) is 16.6. The molecule has 4 rings (SSSR count). The van der Waals surface area contributed by atoms with E-state index in [9.17, 15) is 0 Å². The smallest absolute Gasteiger partial charge is 0.0632 e. The summed E-state index contributed by atoms with van der Waals surface area (Å²) in [6, 6.07) is 37.8. The second-order valence-corrected chi connectivity index (χ2v) is 10.2. The second-order valence-electron chi connectivity index (χ2n) is 5.96. The Morgan fingerprint density at radius 2 is 1.00 bits per heavy atom. The molecule has 0 aromatic heterocycles. The first kappa shape index (κ1) is 24.7. The van der Waals surface area contributed by atoms with Crippen molar-refractivity contribution in [3.8, 4) is 0 Å². The molecule has 0 saturated heterocycles. The Labute approximate surface area is 188 Å². The van der Waals surface area contributed by atoms with Gasteiger partial charge >= 0.3 is 35.6 Å². The zero-order valence-corrected chi connectivity index (χ0v) is 20.5. The van der Waals surface area contributed by atoms with Crippen LogP contribution in [-0.4, -0.2) is 9.52 Å². The molecule has 0 saturated carbocycles. The van der Waals surface area contributed by atoms with E-state index in [0.717, 1.165) is 0 Å². The Morgan fingerprint density at radius 1 is 0.643 bits per heavy atom. The van der Waals surface area contributed by atoms with Crippen LogP contribution >= 0.6 is 18.6 Å². The van der Waals surface area contributed by atoms with Gasteiger partial charge in [0.05, 0.1) is 0 Å². The summed E-state index contributed by atoms with van der Waals surface area (Å²) in [5, 5.41) is 2.90. The number of hydrogen-bond acceptors (Lipinski definition) is 0. The summed E-state index contributed by atoms with van der Waals surface area (Å²) in [5.74, 6) is 0. The zero-order valence-electron chi connectivity index (χ0n) is 16.2. The minimum absolute atomic E-state index is 0.271. The summed E-state index contributed by atoms with van der Waals surface area (Å²) in [5.41, 5.74) is 2.69. The van der Waals surface area contributed by atoms with Gasteiger partial charge < -0.3 is 0 Å². The molecule has 4 heteroatoms. The largest absolute Gasteiger partial charge is 0.103 e. The molecule has 145 valence electrons. The van der Waals surface area contributed by atoms with Crippen LogP contribution in [0.15, 0.2) is 109 Å². The molecule has 4 aromatic rings. The summed E-state index contributed by atoms with van der Waals surface area (Å²) >= 11 is -0.556. The molecular weight excluding hydrogens is 435 g/mol. The molecule has 0 spiro atoms. The molecular formula is C24H25Cl2SiTi-2. The predicted octanol–water partition coefficient (Wildman–Crippen LogP) is 5.88. The van der Waals surface area contributed by atoms with Crippen molar-refractivity contribution in [1.82, 2.24) is 0 Å². The van der Waals surface area contributed by atoms with Crippen LogP contribution in [0.5, 0.6) is 0 Å². The maximum absolute atomic E-state index is 4.89. The van der Waals surface area contributed by atoms with Crippen LogP contribution in [0.25, 0.3) is 0 Å². The Balaban J connectivity index is 0.000000218. The van der Waals surface area contributed by atoms with Crippen molar-refractivity contribution < 1.29 is 17.0 Å². The number of benzene rings is 2. The summed E-state index contributed by atoms with van der Waals surface area (Å²) in [7, 11) is 10.0. The van der Waals surface area contributed by atoms with Gasteiger partial charge in [0, 0.05) is 0 Å². The minimum atomic E-state index is -0.556. The van der Waals surface area contributed by atoms with Gasteiger partial charge in [-0.3, -0.25) is 0 Å². The first-order valence-electron chi connectivity index (χ1n) is 8.93. The van der Waals surface area contributed by atoms with Gasteiger partial charge in [-0.05, 0) is 0 Å². The molecule has 0 unspecified atom stereocenters. The third kappa shape index (κ3) is 12.9. The predicted molar refractivity (Wildman–Crippen MR) is 125 cm³/mol. The molecule has 0 N–H and O–H groups in total. The molecule has 0 bridgehead atoms. The molecule has 0 heterocycles. The van der Waals surface area contributed by atoms with Crippen LogP contribution in [0.4, 0.5) is 0 Å². The number of rotatable bonds is 2. The fourth-order valence-corrected chi connectivity index (χ4v) is 3.45. The monoisotopic (exact) mass is 459 g/mol. The molecule has 28 heavy (non-hydrogen) atoms. The third-order valence-corrected chi connectivity index (χ3v) is 5.03. The van der Waals surface area contributed by atoms with Crippen LogP contribution in [0, 0.1) is 13.8 Å². The van der Waals surface area contributed by atoms with Crippen molar-refractivity contribution >= 4 is 38.5 Å². The molecule has 0 nitrogen and oxygen atoms in total. The standard InChI is InChI=1S/C12H11Si.2C6H7.2ClH.Ti/c1-3-7-11(8-4-1)13-12-9-5-2-6-10-12;2*1-6-4-2-3-5-6;;;/h1-10,13H;2*2-5H,1H3;2*1H;/q;2*-1;;;+2/p-2. The quantitative estimate of drug-likeness (QED) is 0.259. The van der Waals surface area contributed by atoms with Gasteiger partial charge in [0.1, 0.15) is 9.52 Å². The van der Waals surface area contributed by atoms with Crippen molar-refractivity contribution in [2.75, 3.05) is 0 Å². The summed E-state index contributed by atoms with van der Waals surface area (Å²) in [4.78, 5) is 0. The molecule has 0 aliphatic rings. The van der Waals surface area contributed by atoms with Gasteiger partial charge in [0.25, 0.3) is 0 Å². The third-order valence-electron chi connectivity index (χ3n) is 3.59. The fraction of sp³-hybridized carbons (Fsp3) is 0.0833. The van der Waals surface area contributed by atoms with E-state index in [1.54, 1.807) is 0 Å². The number of hydrogen-bond donors (Lipinski definition) is 0. The van der Waals surface area contributed by atoms with E-state index >= 15 is 0 Å². The van der Waals surface area contributed by atoms with Crippen LogP contribution in [-0.2, 0) is 17.0 Å². The Bertz CT molecular complexity index is 729. The fourth-order valence-electron chi connectivity index (χ4n) is 2.23. The van der Waals surface area contributed by atoms with E-state index in [1.165, 1.54) is 21.5 Å². The van der Waals surface area contributed by atoms with Gasteiger partial charge in [-0.25, -0.2) is 23.3 Å². The van der Waals surface area contributed by atoms with Crippen molar-refractivity contribution in [3.05, 3.63) is 120 Å². The molecule has 1 radical (unpaired) electrons. The van der Waals surface area contributed by atoms with Crippen LogP contribution in [0.3, 0.4) is 0 Å². The van der Waals surface area contributed by atoms with E-state index in [1.807, 2.05) is 24.3 Å². The first-order chi connectivity index (χ1) is 13.7. The SMILES string of the molecule is Cc1cc[cH-]c1.Cc1cc[cH-]c1.[Cl][Ti][Cl].c1ccc([SiH]c2ccccc2)cc1. The van der Waals surface area contributed by atoms with Crippen LogP contribution < -0.4 is 10.4 Å². The van der Waals surface area contributed by atoms with E-state index in [-0.39, 0.29) is 9.52 Å². The Hall–Kier alpha value is -1.35.